The number of aromatic nitrogens is 1. The molecule has 1 heterocycles. The Morgan fingerprint density at radius 1 is 1.15 bits per heavy atom. The molecule has 6 nitrogen and oxygen atoms in total. The summed E-state index contributed by atoms with van der Waals surface area (Å²) in [4.78, 5) is 4.20. The maximum atomic E-state index is 12.6. The Morgan fingerprint density at radius 2 is 1.88 bits per heavy atom. The van der Waals surface area contributed by atoms with Gasteiger partial charge in [-0.2, -0.15) is 0 Å². The number of nitrogens with zero attached hydrogens (tertiary/aromatic N) is 1. The van der Waals surface area contributed by atoms with Crippen molar-refractivity contribution in [1.82, 2.24) is 4.98 Å². The first-order chi connectivity index (χ1) is 12.1. The Morgan fingerprint density at radius 3 is 2.58 bits per heavy atom. The topological polar surface area (TPSA) is 93.2 Å². The van der Waals surface area contributed by atoms with Crippen molar-refractivity contribution in [2.75, 3.05) is 10.5 Å². The van der Waals surface area contributed by atoms with Crippen LogP contribution in [0.1, 0.15) is 12.5 Å². The highest BCUT2D eigenvalue weighted by Crippen LogP contribution is 2.30. The average molecular weight is 431 g/mol. The number of thiazole rings is 1. The number of sulfone groups is 1. The van der Waals surface area contributed by atoms with Crippen LogP contribution < -0.4 is 4.72 Å². The predicted octanol–water partition coefficient (Wildman–Crippen LogP) is 3.85. The van der Waals surface area contributed by atoms with Gasteiger partial charge >= 0.3 is 0 Å². The molecule has 138 valence electrons. The molecule has 2 aromatic carbocycles. The minimum atomic E-state index is -3.83. The van der Waals surface area contributed by atoms with E-state index >= 15 is 0 Å². The van der Waals surface area contributed by atoms with Gasteiger partial charge in [-0.05, 0) is 42.8 Å². The molecule has 0 aliphatic carbocycles. The predicted molar refractivity (Wildman–Crippen MR) is 104 cm³/mol. The van der Waals surface area contributed by atoms with Crippen LogP contribution in [0.5, 0.6) is 0 Å². The van der Waals surface area contributed by atoms with Gasteiger partial charge in [-0.25, -0.2) is 21.8 Å². The molecule has 0 unspecified atom stereocenters. The fourth-order valence-corrected chi connectivity index (χ4v) is 6.21. The van der Waals surface area contributed by atoms with Gasteiger partial charge in [0.05, 0.1) is 26.6 Å². The summed E-state index contributed by atoms with van der Waals surface area (Å²) in [5, 5.41) is 0.361. The normalized spacial score (nSPS) is 12.4. The molecule has 0 amide bonds. The third-order valence-corrected chi connectivity index (χ3v) is 8.92. The van der Waals surface area contributed by atoms with E-state index in [1.807, 2.05) is 0 Å². The van der Waals surface area contributed by atoms with E-state index in [0.717, 1.165) is 11.3 Å². The summed E-state index contributed by atoms with van der Waals surface area (Å²) in [6.07, 6.45) is 0. The van der Waals surface area contributed by atoms with Crippen molar-refractivity contribution in [2.24, 2.45) is 0 Å². The van der Waals surface area contributed by atoms with Crippen molar-refractivity contribution in [1.29, 1.82) is 0 Å². The number of nitrogens with one attached hydrogen (secondary N) is 1. The number of fused-ring (bicyclic) bond motifs is 1. The molecule has 0 bridgehead atoms. The van der Waals surface area contributed by atoms with Crippen LogP contribution in [-0.2, 0) is 19.9 Å². The van der Waals surface area contributed by atoms with E-state index in [4.69, 9.17) is 11.6 Å². The second kappa shape index (κ2) is 6.80. The maximum Gasteiger partial charge on any atom is 0.262 e. The highest BCUT2D eigenvalue weighted by Gasteiger charge is 2.20. The summed E-state index contributed by atoms with van der Waals surface area (Å²) in [7, 11) is -7.24. The van der Waals surface area contributed by atoms with E-state index in [9.17, 15) is 16.8 Å². The summed E-state index contributed by atoms with van der Waals surface area (Å²) in [5.41, 5.74) is 1.28. The van der Waals surface area contributed by atoms with Gasteiger partial charge in [0, 0.05) is 5.02 Å². The van der Waals surface area contributed by atoms with Crippen molar-refractivity contribution in [2.45, 2.75) is 23.1 Å². The van der Waals surface area contributed by atoms with Crippen LogP contribution >= 0.6 is 22.9 Å². The molecule has 0 saturated heterocycles. The Labute approximate surface area is 160 Å². The molecule has 1 aromatic heterocycles. The summed E-state index contributed by atoms with van der Waals surface area (Å²) in [6.45, 7) is 3.18. The molecular weight excluding hydrogens is 416 g/mol. The van der Waals surface area contributed by atoms with E-state index in [-0.39, 0.29) is 15.0 Å². The van der Waals surface area contributed by atoms with Gasteiger partial charge in [0.1, 0.15) is 0 Å². The third kappa shape index (κ3) is 3.57. The molecule has 0 saturated carbocycles. The molecule has 0 aliphatic rings. The number of hydrogen-bond acceptors (Lipinski definition) is 6. The molecule has 3 rings (SSSR count). The highest BCUT2D eigenvalue weighted by atomic mass is 35.5. The molecule has 0 aliphatic heterocycles. The number of benzene rings is 2. The number of hydrogen-bond donors (Lipinski definition) is 1. The lowest BCUT2D eigenvalue weighted by Crippen LogP contribution is -2.14. The third-order valence-electron chi connectivity index (χ3n) is 3.77. The van der Waals surface area contributed by atoms with E-state index in [1.54, 1.807) is 44.2 Å². The van der Waals surface area contributed by atoms with Crippen LogP contribution in [0, 0.1) is 6.92 Å². The summed E-state index contributed by atoms with van der Waals surface area (Å²) >= 11 is 7.02. The Kier molecular flexibility index (Phi) is 5.00. The van der Waals surface area contributed by atoms with Crippen molar-refractivity contribution in [3.05, 3.63) is 47.0 Å². The Balaban J connectivity index is 2.00. The minimum Gasteiger partial charge on any atom is -0.280 e. The van der Waals surface area contributed by atoms with E-state index in [2.05, 4.69) is 9.71 Å². The standard InChI is InChI=1S/C16H15ClN2O4S3/c1-3-25(20,21)16-18-13-8-7-11(9-14(13)24-16)19-26(22,23)15-6-4-5-12(17)10(15)2/h4-9,19H,3H2,1-2H3. The molecule has 3 aromatic rings. The lowest BCUT2D eigenvalue weighted by atomic mass is 10.2. The quantitative estimate of drug-likeness (QED) is 0.663. The van der Waals surface area contributed by atoms with Gasteiger partial charge in [-0.1, -0.05) is 24.6 Å². The number of anilines is 1. The zero-order chi connectivity index (χ0) is 19.1. The molecule has 0 spiro atoms. The summed E-state index contributed by atoms with van der Waals surface area (Å²) < 4.78 is 52.3. The molecule has 1 N–H and O–H groups in total. The molecule has 10 heteroatoms. The van der Waals surface area contributed by atoms with Gasteiger partial charge in [-0.3, -0.25) is 4.72 Å². The lowest BCUT2D eigenvalue weighted by Gasteiger charge is -2.11. The van der Waals surface area contributed by atoms with Gasteiger partial charge in [0.15, 0.2) is 0 Å². The SMILES string of the molecule is CCS(=O)(=O)c1nc2ccc(NS(=O)(=O)c3cccc(Cl)c3C)cc2s1. The van der Waals surface area contributed by atoms with Crippen LogP contribution in [0.25, 0.3) is 10.2 Å². The first kappa shape index (κ1) is 19.1. The van der Waals surface area contributed by atoms with E-state index in [1.165, 1.54) is 6.07 Å². The highest BCUT2D eigenvalue weighted by molar-refractivity contribution is 7.93. The first-order valence-corrected chi connectivity index (χ1v) is 11.9. The van der Waals surface area contributed by atoms with Crippen LogP contribution in [0.15, 0.2) is 45.6 Å². The van der Waals surface area contributed by atoms with E-state index in [0.29, 0.717) is 26.5 Å². The van der Waals surface area contributed by atoms with Crippen LogP contribution in [0.4, 0.5) is 5.69 Å². The first-order valence-electron chi connectivity index (χ1n) is 7.55. The molecule has 0 radical (unpaired) electrons. The summed E-state index contributed by atoms with van der Waals surface area (Å²) in [6, 6.07) is 9.36. The number of halogens is 1. The average Bonchev–Trinajstić information content (AvgIpc) is 3.01. The number of rotatable bonds is 5. The maximum absolute atomic E-state index is 12.6. The fourth-order valence-electron chi connectivity index (χ4n) is 2.31. The van der Waals surface area contributed by atoms with Crippen molar-refractivity contribution in [3.63, 3.8) is 0 Å². The van der Waals surface area contributed by atoms with Crippen molar-refractivity contribution >= 4 is 58.7 Å². The second-order valence-electron chi connectivity index (χ2n) is 5.53. The second-order valence-corrected chi connectivity index (χ2v) is 11.1. The molecule has 26 heavy (non-hydrogen) atoms. The van der Waals surface area contributed by atoms with Crippen molar-refractivity contribution < 1.29 is 16.8 Å². The fraction of sp³-hybridized carbons (Fsp3) is 0.188. The zero-order valence-electron chi connectivity index (χ0n) is 13.9. The van der Waals surface area contributed by atoms with Gasteiger partial charge in [-0.15, -0.1) is 11.3 Å². The lowest BCUT2D eigenvalue weighted by molar-refractivity contribution is 0.596. The largest absolute Gasteiger partial charge is 0.280 e. The van der Waals surface area contributed by atoms with Crippen LogP contribution in [-0.4, -0.2) is 27.6 Å². The smallest absolute Gasteiger partial charge is 0.262 e. The minimum absolute atomic E-state index is 0.0284. The Bertz CT molecular complexity index is 1200. The van der Waals surface area contributed by atoms with Gasteiger partial charge < -0.3 is 0 Å². The molecular formula is C16H15ClN2O4S3. The van der Waals surface area contributed by atoms with Gasteiger partial charge in [0.25, 0.3) is 10.0 Å². The number of sulfonamides is 1. The van der Waals surface area contributed by atoms with E-state index < -0.39 is 19.9 Å². The summed E-state index contributed by atoms with van der Waals surface area (Å²) in [5.74, 6) is -0.0413. The Hall–Kier alpha value is -1.68. The molecule has 0 fully saturated rings. The monoisotopic (exact) mass is 430 g/mol. The zero-order valence-corrected chi connectivity index (χ0v) is 17.1. The van der Waals surface area contributed by atoms with Crippen LogP contribution in [0.2, 0.25) is 5.02 Å². The molecule has 0 atom stereocenters. The van der Waals surface area contributed by atoms with Crippen LogP contribution in [0.3, 0.4) is 0 Å². The van der Waals surface area contributed by atoms with Gasteiger partial charge in [0.2, 0.25) is 14.2 Å². The van der Waals surface area contributed by atoms with Crippen molar-refractivity contribution in [3.8, 4) is 0 Å².